The Balaban J connectivity index is 1.54. The lowest BCUT2D eigenvalue weighted by Crippen LogP contribution is -2.51. The molecule has 0 atom stereocenters. The van der Waals surface area contributed by atoms with E-state index in [1.807, 2.05) is 66.7 Å². The summed E-state index contributed by atoms with van der Waals surface area (Å²) in [5.41, 5.74) is 1.93. The topological polar surface area (TPSA) is 81.5 Å². The Hall–Kier alpha value is -3.47. The molecule has 162 valence electrons. The smallest absolute Gasteiger partial charge is 0.244 e. The van der Waals surface area contributed by atoms with Crippen LogP contribution in [-0.4, -0.2) is 49.7 Å². The largest absolute Gasteiger partial charge is 0.339 e. The molecule has 6 nitrogen and oxygen atoms in total. The third-order valence-electron chi connectivity index (χ3n) is 5.69. The van der Waals surface area contributed by atoms with Crippen LogP contribution in [0.25, 0.3) is 0 Å². The lowest BCUT2D eigenvalue weighted by molar-refractivity contribution is -0.133. The zero-order valence-corrected chi connectivity index (χ0v) is 18.3. The van der Waals surface area contributed by atoms with Crippen LogP contribution in [0.4, 0.5) is 0 Å². The maximum absolute atomic E-state index is 13.5. The molecule has 1 saturated heterocycles. The minimum Gasteiger partial charge on any atom is -0.339 e. The number of benzene rings is 3. The van der Waals surface area contributed by atoms with Crippen LogP contribution >= 0.6 is 0 Å². The molecule has 1 heterocycles. The number of rotatable bonds is 5. The van der Waals surface area contributed by atoms with Crippen LogP contribution in [0.1, 0.15) is 22.6 Å². The summed E-state index contributed by atoms with van der Waals surface area (Å²) >= 11 is 0. The van der Waals surface area contributed by atoms with Gasteiger partial charge in [-0.15, -0.1) is 0 Å². The summed E-state index contributed by atoms with van der Waals surface area (Å²) < 4.78 is 27.5. The van der Waals surface area contributed by atoms with Gasteiger partial charge in [-0.25, -0.2) is 8.42 Å². The van der Waals surface area contributed by atoms with Crippen LogP contribution in [0.3, 0.4) is 0 Å². The predicted octanol–water partition coefficient (Wildman–Crippen LogP) is 3.22. The van der Waals surface area contributed by atoms with Gasteiger partial charge in [0.05, 0.1) is 16.4 Å². The van der Waals surface area contributed by atoms with Crippen LogP contribution in [0, 0.1) is 11.3 Å². The number of hydrogen-bond donors (Lipinski definition) is 0. The molecule has 1 amide bonds. The Morgan fingerprint density at radius 3 is 1.81 bits per heavy atom. The van der Waals surface area contributed by atoms with E-state index < -0.39 is 15.9 Å². The summed E-state index contributed by atoms with van der Waals surface area (Å²) in [6, 6.07) is 27.4. The summed E-state index contributed by atoms with van der Waals surface area (Å²) in [5.74, 6) is -0.489. The van der Waals surface area contributed by atoms with Gasteiger partial charge in [0.25, 0.3) is 0 Å². The normalized spacial score (nSPS) is 14.8. The molecule has 0 N–H and O–H groups in total. The molecular weight excluding hydrogens is 422 g/mol. The molecule has 0 spiro atoms. The molecule has 1 aliphatic rings. The number of nitrogens with zero attached hydrogens (tertiary/aromatic N) is 3. The zero-order valence-electron chi connectivity index (χ0n) is 17.5. The molecule has 0 unspecified atom stereocenters. The van der Waals surface area contributed by atoms with Gasteiger partial charge in [0.1, 0.15) is 6.07 Å². The van der Waals surface area contributed by atoms with Crippen molar-refractivity contribution in [3.63, 3.8) is 0 Å². The Morgan fingerprint density at radius 1 is 0.781 bits per heavy atom. The second-order valence-electron chi connectivity index (χ2n) is 7.59. The minimum absolute atomic E-state index is 0.00808. The average molecular weight is 446 g/mol. The number of sulfonamides is 1. The maximum Gasteiger partial charge on any atom is 0.244 e. The standard InChI is InChI=1S/C25H23N3O3S/c26-19-22-13-7-8-14-23(22)32(30,31)28-17-15-27(16-18-28)25(29)24(20-9-3-1-4-10-20)21-11-5-2-6-12-21/h1-14,24H,15-18H2. The van der Waals surface area contributed by atoms with Crippen molar-refractivity contribution < 1.29 is 13.2 Å². The number of amides is 1. The van der Waals surface area contributed by atoms with Gasteiger partial charge in [0, 0.05) is 26.2 Å². The van der Waals surface area contributed by atoms with E-state index in [-0.39, 0.29) is 29.5 Å². The number of hydrogen-bond acceptors (Lipinski definition) is 4. The van der Waals surface area contributed by atoms with E-state index in [1.165, 1.54) is 16.4 Å². The number of carbonyl (C=O) groups excluding carboxylic acids is 1. The molecule has 4 rings (SSSR count). The second-order valence-corrected chi connectivity index (χ2v) is 9.50. The Kier molecular flexibility index (Phi) is 6.35. The van der Waals surface area contributed by atoms with Crippen molar-refractivity contribution in [3.8, 4) is 6.07 Å². The van der Waals surface area contributed by atoms with Crippen LogP contribution in [0.5, 0.6) is 0 Å². The first-order valence-corrected chi connectivity index (χ1v) is 11.8. The Labute approximate surface area is 188 Å². The van der Waals surface area contributed by atoms with E-state index in [2.05, 4.69) is 0 Å². The Morgan fingerprint density at radius 2 is 1.28 bits per heavy atom. The second kappa shape index (κ2) is 9.35. The van der Waals surface area contributed by atoms with Gasteiger partial charge >= 0.3 is 0 Å². The summed E-state index contributed by atoms with van der Waals surface area (Å²) in [6.45, 7) is 0.959. The maximum atomic E-state index is 13.5. The van der Waals surface area contributed by atoms with Gasteiger partial charge < -0.3 is 4.90 Å². The van der Waals surface area contributed by atoms with Crippen molar-refractivity contribution in [2.45, 2.75) is 10.8 Å². The fourth-order valence-electron chi connectivity index (χ4n) is 4.02. The lowest BCUT2D eigenvalue weighted by Gasteiger charge is -2.36. The van der Waals surface area contributed by atoms with Gasteiger partial charge in [-0.3, -0.25) is 4.79 Å². The molecule has 0 aromatic heterocycles. The highest BCUT2D eigenvalue weighted by Crippen LogP contribution is 2.28. The predicted molar refractivity (Wildman–Crippen MR) is 121 cm³/mol. The van der Waals surface area contributed by atoms with E-state index in [9.17, 15) is 18.5 Å². The summed E-state index contributed by atoms with van der Waals surface area (Å²) in [6.07, 6.45) is 0. The number of nitriles is 1. The quantitative estimate of drug-likeness (QED) is 0.604. The van der Waals surface area contributed by atoms with Crippen molar-refractivity contribution in [1.82, 2.24) is 9.21 Å². The molecule has 3 aromatic rings. The average Bonchev–Trinajstić information content (AvgIpc) is 2.85. The molecule has 0 aliphatic carbocycles. The molecule has 0 radical (unpaired) electrons. The van der Waals surface area contributed by atoms with E-state index in [4.69, 9.17) is 0 Å². The highest BCUT2D eigenvalue weighted by molar-refractivity contribution is 7.89. The third kappa shape index (κ3) is 4.28. The molecule has 32 heavy (non-hydrogen) atoms. The van der Waals surface area contributed by atoms with Crippen molar-refractivity contribution in [2.75, 3.05) is 26.2 Å². The molecule has 0 bridgehead atoms. The molecule has 1 aliphatic heterocycles. The van der Waals surface area contributed by atoms with Crippen LogP contribution in [0.15, 0.2) is 89.8 Å². The van der Waals surface area contributed by atoms with Crippen molar-refractivity contribution in [3.05, 3.63) is 102 Å². The summed E-state index contributed by atoms with van der Waals surface area (Å²) in [5, 5.41) is 9.29. The number of piperazine rings is 1. The molecule has 7 heteroatoms. The molecule has 0 saturated carbocycles. The summed E-state index contributed by atoms with van der Waals surface area (Å²) in [4.78, 5) is 15.3. The van der Waals surface area contributed by atoms with Crippen LogP contribution in [0.2, 0.25) is 0 Å². The molecule has 3 aromatic carbocycles. The van der Waals surface area contributed by atoms with Crippen LogP contribution < -0.4 is 0 Å². The first-order chi connectivity index (χ1) is 15.5. The number of carbonyl (C=O) groups is 1. The van der Waals surface area contributed by atoms with Crippen molar-refractivity contribution in [1.29, 1.82) is 5.26 Å². The van der Waals surface area contributed by atoms with Gasteiger partial charge in [-0.05, 0) is 23.3 Å². The molecule has 1 fully saturated rings. The van der Waals surface area contributed by atoms with Crippen LogP contribution in [-0.2, 0) is 14.8 Å². The monoisotopic (exact) mass is 445 g/mol. The van der Waals surface area contributed by atoms with Gasteiger partial charge in [-0.2, -0.15) is 9.57 Å². The van der Waals surface area contributed by atoms with Crippen molar-refractivity contribution in [2.24, 2.45) is 0 Å². The molecular formula is C25H23N3O3S. The minimum atomic E-state index is -3.81. The lowest BCUT2D eigenvalue weighted by atomic mass is 9.90. The van der Waals surface area contributed by atoms with Gasteiger partial charge in [-0.1, -0.05) is 72.8 Å². The summed E-state index contributed by atoms with van der Waals surface area (Å²) in [7, 11) is -3.81. The SMILES string of the molecule is N#Cc1ccccc1S(=O)(=O)N1CCN(C(=O)C(c2ccccc2)c2ccccc2)CC1. The Bertz CT molecular complexity index is 1190. The highest BCUT2D eigenvalue weighted by atomic mass is 32.2. The van der Waals surface area contributed by atoms with Gasteiger partial charge in [0.15, 0.2) is 0 Å². The van der Waals surface area contributed by atoms with E-state index in [0.717, 1.165) is 11.1 Å². The van der Waals surface area contributed by atoms with Crippen molar-refractivity contribution >= 4 is 15.9 Å². The zero-order chi connectivity index (χ0) is 22.6. The fraction of sp³-hybridized carbons (Fsp3) is 0.200. The fourth-order valence-corrected chi connectivity index (χ4v) is 5.59. The van der Waals surface area contributed by atoms with E-state index in [1.54, 1.807) is 17.0 Å². The van der Waals surface area contributed by atoms with E-state index in [0.29, 0.717) is 13.1 Å². The highest BCUT2D eigenvalue weighted by Gasteiger charge is 2.34. The van der Waals surface area contributed by atoms with E-state index >= 15 is 0 Å². The first-order valence-electron chi connectivity index (χ1n) is 10.4. The van der Waals surface area contributed by atoms with Gasteiger partial charge in [0.2, 0.25) is 15.9 Å². The third-order valence-corrected chi connectivity index (χ3v) is 7.65. The first kappa shape index (κ1) is 21.8.